The predicted octanol–water partition coefficient (Wildman–Crippen LogP) is 3.77. The first-order valence-electron chi connectivity index (χ1n) is 8.52. The Labute approximate surface area is 169 Å². The Kier molecular flexibility index (Phi) is 6.18. The lowest BCUT2D eigenvalue weighted by atomic mass is 10.1. The summed E-state index contributed by atoms with van der Waals surface area (Å²) in [6.07, 6.45) is 0. The van der Waals surface area contributed by atoms with Crippen LogP contribution in [-0.2, 0) is 4.79 Å². The highest BCUT2D eigenvalue weighted by molar-refractivity contribution is 7.16. The predicted molar refractivity (Wildman–Crippen MR) is 106 cm³/mol. The molecule has 29 heavy (non-hydrogen) atoms. The molecule has 1 aromatic heterocycles. The summed E-state index contributed by atoms with van der Waals surface area (Å²) in [5.41, 5.74) is 1.54. The summed E-state index contributed by atoms with van der Waals surface area (Å²) >= 11 is 1.30. The number of hydrogen-bond acceptors (Lipinski definition) is 5. The van der Waals surface area contributed by atoms with Gasteiger partial charge >= 0.3 is 0 Å². The van der Waals surface area contributed by atoms with Gasteiger partial charge in [-0.3, -0.25) is 9.59 Å². The highest BCUT2D eigenvalue weighted by Gasteiger charge is 2.14. The van der Waals surface area contributed by atoms with Crippen molar-refractivity contribution in [3.63, 3.8) is 0 Å². The molecular formula is C20H17F2N3O3S. The molecule has 3 aromatic rings. The fourth-order valence-electron chi connectivity index (χ4n) is 2.53. The number of aromatic nitrogens is 1. The zero-order chi connectivity index (χ0) is 21.0. The maximum atomic E-state index is 13.2. The number of thiazole rings is 1. The lowest BCUT2D eigenvalue weighted by Crippen LogP contribution is -2.32. The molecule has 2 aromatic carbocycles. The third-order valence-electron chi connectivity index (χ3n) is 4.00. The first-order chi connectivity index (χ1) is 13.9. The molecule has 1 heterocycles. The number of anilines is 1. The summed E-state index contributed by atoms with van der Waals surface area (Å²) in [6.45, 7) is 1.55. The van der Waals surface area contributed by atoms with Crippen molar-refractivity contribution in [2.75, 3.05) is 19.0 Å². The van der Waals surface area contributed by atoms with Crippen molar-refractivity contribution < 1.29 is 23.1 Å². The van der Waals surface area contributed by atoms with Gasteiger partial charge in [0.15, 0.2) is 16.8 Å². The van der Waals surface area contributed by atoms with Crippen LogP contribution in [0, 0.1) is 18.6 Å². The number of nitrogens with zero attached hydrogens (tertiary/aromatic N) is 1. The van der Waals surface area contributed by atoms with Crippen molar-refractivity contribution in [2.45, 2.75) is 6.92 Å². The number of amides is 2. The van der Waals surface area contributed by atoms with E-state index >= 15 is 0 Å². The van der Waals surface area contributed by atoms with Crippen LogP contribution in [0.3, 0.4) is 0 Å². The molecule has 0 aliphatic carbocycles. The second-order valence-corrected chi connectivity index (χ2v) is 7.22. The minimum atomic E-state index is -1.13. The Balaban J connectivity index is 1.60. The molecule has 0 fully saturated rings. The largest absolute Gasteiger partial charge is 0.497 e. The van der Waals surface area contributed by atoms with E-state index < -0.39 is 23.4 Å². The lowest BCUT2D eigenvalue weighted by Gasteiger charge is -2.05. The van der Waals surface area contributed by atoms with Gasteiger partial charge in [-0.2, -0.15) is 0 Å². The summed E-state index contributed by atoms with van der Waals surface area (Å²) in [6, 6.07) is 10.1. The van der Waals surface area contributed by atoms with E-state index in [1.165, 1.54) is 11.3 Å². The number of methoxy groups -OCH3 is 1. The molecule has 0 radical (unpaired) electrons. The van der Waals surface area contributed by atoms with Gasteiger partial charge in [-0.1, -0.05) is 0 Å². The van der Waals surface area contributed by atoms with Crippen molar-refractivity contribution in [1.82, 2.24) is 10.3 Å². The van der Waals surface area contributed by atoms with Crippen LogP contribution in [-0.4, -0.2) is 30.5 Å². The number of halogens is 2. The summed E-state index contributed by atoms with van der Waals surface area (Å²) in [7, 11) is 1.59. The van der Waals surface area contributed by atoms with Crippen LogP contribution < -0.4 is 15.4 Å². The Morgan fingerprint density at radius 3 is 2.48 bits per heavy atom. The number of aryl methyl sites for hydroxylation is 1. The van der Waals surface area contributed by atoms with Crippen LogP contribution in [0.25, 0.3) is 11.3 Å². The highest BCUT2D eigenvalue weighted by atomic mass is 32.1. The Morgan fingerprint density at radius 1 is 1.10 bits per heavy atom. The summed E-state index contributed by atoms with van der Waals surface area (Å²) in [4.78, 5) is 29.4. The molecule has 3 rings (SSSR count). The Bertz CT molecular complexity index is 1050. The van der Waals surface area contributed by atoms with Gasteiger partial charge in [0.05, 0.1) is 19.3 Å². The maximum absolute atomic E-state index is 13.2. The van der Waals surface area contributed by atoms with Gasteiger partial charge in [-0.25, -0.2) is 13.8 Å². The monoisotopic (exact) mass is 417 g/mol. The highest BCUT2D eigenvalue weighted by Crippen LogP contribution is 2.31. The van der Waals surface area contributed by atoms with Gasteiger partial charge in [0.25, 0.3) is 5.91 Å². The number of benzene rings is 2. The van der Waals surface area contributed by atoms with Gasteiger partial charge in [-0.05, 0) is 49.4 Å². The number of ether oxygens (including phenoxy) is 1. The Hall–Kier alpha value is -3.33. The van der Waals surface area contributed by atoms with E-state index in [0.29, 0.717) is 5.13 Å². The first-order valence-corrected chi connectivity index (χ1v) is 9.34. The molecule has 0 spiro atoms. The Morgan fingerprint density at radius 2 is 1.83 bits per heavy atom. The van der Waals surface area contributed by atoms with Crippen LogP contribution >= 0.6 is 11.3 Å². The van der Waals surface area contributed by atoms with Crippen molar-refractivity contribution in [3.05, 3.63) is 64.5 Å². The second-order valence-electron chi connectivity index (χ2n) is 6.01. The van der Waals surface area contributed by atoms with E-state index in [1.54, 1.807) is 7.11 Å². The fraction of sp³-hybridized carbons (Fsp3) is 0.150. The van der Waals surface area contributed by atoms with Crippen molar-refractivity contribution >= 4 is 28.3 Å². The van der Waals surface area contributed by atoms with Gasteiger partial charge in [0.2, 0.25) is 5.91 Å². The molecule has 2 amide bonds. The average Bonchev–Trinajstić information content (AvgIpc) is 3.08. The van der Waals surface area contributed by atoms with Crippen molar-refractivity contribution in [2.24, 2.45) is 0 Å². The molecule has 0 saturated heterocycles. The number of carbonyl (C=O) groups excluding carboxylic acids is 2. The number of rotatable bonds is 6. The van der Waals surface area contributed by atoms with Crippen LogP contribution in [0.15, 0.2) is 42.5 Å². The fourth-order valence-corrected chi connectivity index (χ4v) is 3.38. The first kappa shape index (κ1) is 20.4. The molecule has 150 valence electrons. The smallest absolute Gasteiger partial charge is 0.251 e. The summed E-state index contributed by atoms with van der Waals surface area (Å²) < 4.78 is 31.3. The zero-order valence-corrected chi connectivity index (χ0v) is 16.4. The molecule has 0 bridgehead atoms. The van der Waals surface area contributed by atoms with Crippen LogP contribution in [0.1, 0.15) is 15.2 Å². The molecule has 0 aliphatic rings. The summed E-state index contributed by atoms with van der Waals surface area (Å²) in [5, 5.41) is 5.36. The second kappa shape index (κ2) is 8.78. The molecule has 9 heteroatoms. The zero-order valence-electron chi connectivity index (χ0n) is 15.6. The van der Waals surface area contributed by atoms with Crippen LogP contribution in [0.5, 0.6) is 5.75 Å². The molecule has 0 aliphatic heterocycles. The van der Waals surface area contributed by atoms with E-state index in [9.17, 15) is 18.4 Å². The maximum Gasteiger partial charge on any atom is 0.251 e. The van der Waals surface area contributed by atoms with Crippen LogP contribution in [0.4, 0.5) is 13.9 Å². The normalized spacial score (nSPS) is 10.5. The van der Waals surface area contributed by atoms with Crippen molar-refractivity contribution in [1.29, 1.82) is 0 Å². The lowest BCUT2D eigenvalue weighted by molar-refractivity contribution is -0.115. The van der Waals surface area contributed by atoms with Gasteiger partial charge in [0.1, 0.15) is 5.75 Å². The topological polar surface area (TPSA) is 80.3 Å². The van der Waals surface area contributed by atoms with E-state index in [2.05, 4.69) is 15.6 Å². The SMILES string of the molecule is COc1ccc(-c2nc(NC(=O)CNC(=O)c3ccc(F)c(F)c3)sc2C)cc1. The molecule has 6 nitrogen and oxygen atoms in total. The van der Waals surface area contributed by atoms with Crippen LogP contribution in [0.2, 0.25) is 0 Å². The number of carbonyl (C=O) groups is 2. The minimum Gasteiger partial charge on any atom is -0.497 e. The van der Waals surface area contributed by atoms with E-state index in [0.717, 1.165) is 40.1 Å². The number of nitrogens with one attached hydrogen (secondary N) is 2. The standard InChI is InChI=1S/C20H17F2N3O3S/c1-11-18(12-3-6-14(28-2)7-4-12)25-20(29-11)24-17(26)10-23-19(27)13-5-8-15(21)16(22)9-13/h3-9H,10H2,1-2H3,(H,23,27)(H,24,25,26). The minimum absolute atomic E-state index is 0.0800. The van der Waals surface area contributed by atoms with E-state index in [-0.39, 0.29) is 12.1 Å². The summed E-state index contributed by atoms with van der Waals surface area (Å²) in [5.74, 6) is -2.63. The molecule has 0 unspecified atom stereocenters. The molecule has 0 saturated carbocycles. The van der Waals surface area contributed by atoms with Gasteiger partial charge in [0, 0.05) is 16.0 Å². The molecule has 2 N–H and O–H groups in total. The van der Waals surface area contributed by atoms with E-state index in [4.69, 9.17) is 4.74 Å². The quantitative estimate of drug-likeness (QED) is 0.640. The average molecular weight is 417 g/mol. The van der Waals surface area contributed by atoms with Crippen molar-refractivity contribution in [3.8, 4) is 17.0 Å². The molecule has 0 atom stereocenters. The third kappa shape index (κ3) is 4.94. The third-order valence-corrected chi connectivity index (χ3v) is 4.88. The van der Waals surface area contributed by atoms with Gasteiger partial charge in [-0.15, -0.1) is 11.3 Å². The molecular weight excluding hydrogens is 400 g/mol. The van der Waals surface area contributed by atoms with Gasteiger partial charge < -0.3 is 15.4 Å². The number of hydrogen-bond donors (Lipinski definition) is 2. The van der Waals surface area contributed by atoms with E-state index in [1.807, 2.05) is 31.2 Å².